The van der Waals surface area contributed by atoms with Crippen molar-refractivity contribution in [2.75, 3.05) is 17.3 Å². The van der Waals surface area contributed by atoms with Gasteiger partial charge >= 0.3 is 6.01 Å². The maximum absolute atomic E-state index is 13.2. The van der Waals surface area contributed by atoms with Gasteiger partial charge in [-0.1, -0.05) is 11.6 Å². The number of nitrogens with zero attached hydrogens (tertiary/aromatic N) is 3. The molecule has 1 aromatic heterocycles. The average molecular weight is 299 g/mol. The lowest BCUT2D eigenvalue weighted by atomic mass is 10.3. The molecule has 0 bridgehead atoms. The Morgan fingerprint density at radius 1 is 1.30 bits per heavy atom. The van der Waals surface area contributed by atoms with E-state index < -0.39 is 5.82 Å². The molecule has 0 fully saturated rings. The number of ether oxygens (including phenoxy) is 1. The van der Waals surface area contributed by atoms with Gasteiger partial charge in [-0.05, 0) is 25.1 Å². The first-order chi connectivity index (χ1) is 9.62. The first-order valence-electron chi connectivity index (χ1n) is 5.70. The number of anilines is 3. The summed E-state index contributed by atoms with van der Waals surface area (Å²) in [6.07, 6.45) is 0. The molecule has 0 saturated carbocycles. The van der Waals surface area contributed by atoms with Gasteiger partial charge in [0.15, 0.2) is 0 Å². The molecule has 1 aromatic carbocycles. The molecule has 106 valence electrons. The van der Waals surface area contributed by atoms with E-state index in [1.54, 1.807) is 6.92 Å². The predicted octanol–water partition coefficient (Wildman–Crippen LogP) is 2.09. The smallest absolute Gasteiger partial charge is 0.323 e. The van der Waals surface area contributed by atoms with Crippen molar-refractivity contribution in [3.63, 3.8) is 0 Å². The molecular weight excluding hydrogens is 287 g/mol. The van der Waals surface area contributed by atoms with Gasteiger partial charge in [0.05, 0.1) is 17.3 Å². The monoisotopic (exact) mass is 298 g/mol. The molecular formula is C11H12ClFN6O. The molecule has 0 spiro atoms. The standard InChI is InChI=1S/C11H12ClFN6O/c1-2-20-11-17-9(16-10(18-11)19-14)15-8-5-6(13)3-4-7(8)12/h3-5H,2,14H2,1H3,(H2,15,16,17,18,19). The lowest BCUT2D eigenvalue weighted by Crippen LogP contribution is -2.13. The Morgan fingerprint density at radius 2 is 2.05 bits per heavy atom. The topological polar surface area (TPSA) is 98.0 Å². The summed E-state index contributed by atoms with van der Waals surface area (Å²) < 4.78 is 18.4. The Kier molecular flexibility index (Phi) is 4.49. The molecule has 0 saturated heterocycles. The van der Waals surface area contributed by atoms with Gasteiger partial charge in [0.1, 0.15) is 5.82 Å². The highest BCUT2D eigenvalue weighted by Gasteiger charge is 2.09. The third-order valence-corrected chi connectivity index (χ3v) is 2.52. The second-order valence-electron chi connectivity index (χ2n) is 3.59. The van der Waals surface area contributed by atoms with E-state index in [4.69, 9.17) is 22.2 Å². The Bertz CT molecular complexity index is 611. The van der Waals surface area contributed by atoms with Crippen molar-refractivity contribution in [1.82, 2.24) is 15.0 Å². The van der Waals surface area contributed by atoms with Gasteiger partial charge < -0.3 is 10.1 Å². The zero-order valence-corrected chi connectivity index (χ0v) is 11.3. The summed E-state index contributed by atoms with van der Waals surface area (Å²) in [6.45, 7) is 2.17. The average Bonchev–Trinajstić information content (AvgIpc) is 2.43. The van der Waals surface area contributed by atoms with Crippen LogP contribution in [0.2, 0.25) is 5.02 Å². The van der Waals surface area contributed by atoms with Gasteiger partial charge in [-0.25, -0.2) is 10.2 Å². The second kappa shape index (κ2) is 6.31. The van der Waals surface area contributed by atoms with Crippen molar-refractivity contribution < 1.29 is 9.13 Å². The van der Waals surface area contributed by atoms with Crippen LogP contribution in [0.3, 0.4) is 0 Å². The van der Waals surface area contributed by atoms with E-state index in [0.717, 1.165) is 0 Å². The third-order valence-electron chi connectivity index (χ3n) is 2.19. The number of nitrogens with two attached hydrogens (primary N) is 1. The summed E-state index contributed by atoms with van der Waals surface area (Å²) in [7, 11) is 0. The minimum Gasteiger partial charge on any atom is -0.464 e. The van der Waals surface area contributed by atoms with Gasteiger partial charge in [0.25, 0.3) is 0 Å². The van der Waals surface area contributed by atoms with Crippen molar-refractivity contribution in [2.45, 2.75) is 6.92 Å². The van der Waals surface area contributed by atoms with E-state index in [9.17, 15) is 4.39 Å². The lowest BCUT2D eigenvalue weighted by molar-refractivity contribution is 0.312. The van der Waals surface area contributed by atoms with E-state index in [-0.39, 0.29) is 17.9 Å². The number of hydrogen-bond acceptors (Lipinski definition) is 7. The first kappa shape index (κ1) is 14.2. The number of halogens is 2. The minimum absolute atomic E-state index is 0.0884. The molecule has 4 N–H and O–H groups in total. The fraction of sp³-hybridized carbons (Fsp3) is 0.182. The molecule has 0 aliphatic rings. The van der Waals surface area contributed by atoms with Crippen LogP contribution in [-0.2, 0) is 0 Å². The summed E-state index contributed by atoms with van der Waals surface area (Å²) in [5.74, 6) is 5.06. The van der Waals surface area contributed by atoms with Crippen molar-refractivity contribution >= 4 is 29.2 Å². The zero-order chi connectivity index (χ0) is 14.5. The van der Waals surface area contributed by atoms with Crippen LogP contribution in [0.5, 0.6) is 6.01 Å². The highest BCUT2D eigenvalue weighted by atomic mass is 35.5. The highest BCUT2D eigenvalue weighted by Crippen LogP contribution is 2.25. The number of benzene rings is 1. The minimum atomic E-state index is -0.437. The predicted molar refractivity (Wildman–Crippen MR) is 73.5 cm³/mol. The lowest BCUT2D eigenvalue weighted by Gasteiger charge is -2.09. The molecule has 0 unspecified atom stereocenters. The van der Waals surface area contributed by atoms with Crippen LogP contribution in [0.4, 0.5) is 22.0 Å². The van der Waals surface area contributed by atoms with Crippen molar-refractivity contribution in [2.24, 2.45) is 5.84 Å². The Labute approximate surface area is 119 Å². The van der Waals surface area contributed by atoms with E-state index in [2.05, 4.69) is 25.7 Å². The summed E-state index contributed by atoms with van der Waals surface area (Å²) in [6, 6.07) is 3.98. The van der Waals surface area contributed by atoms with Crippen LogP contribution in [0.25, 0.3) is 0 Å². The fourth-order valence-corrected chi connectivity index (χ4v) is 1.55. The Morgan fingerprint density at radius 3 is 2.75 bits per heavy atom. The highest BCUT2D eigenvalue weighted by molar-refractivity contribution is 6.33. The molecule has 2 rings (SSSR count). The number of hydrogen-bond donors (Lipinski definition) is 3. The molecule has 20 heavy (non-hydrogen) atoms. The number of nitrogens with one attached hydrogen (secondary N) is 2. The maximum atomic E-state index is 13.2. The van der Waals surface area contributed by atoms with Gasteiger partial charge in [0, 0.05) is 0 Å². The van der Waals surface area contributed by atoms with Crippen LogP contribution >= 0.6 is 11.6 Å². The number of rotatable bonds is 5. The number of hydrazine groups is 1. The van der Waals surface area contributed by atoms with Crippen LogP contribution in [-0.4, -0.2) is 21.6 Å². The quantitative estimate of drug-likeness (QED) is 0.574. The Hall–Kier alpha value is -2.19. The molecule has 0 aliphatic heterocycles. The zero-order valence-electron chi connectivity index (χ0n) is 10.5. The molecule has 0 amide bonds. The third kappa shape index (κ3) is 3.43. The van der Waals surface area contributed by atoms with Gasteiger partial charge in [-0.15, -0.1) is 0 Å². The molecule has 0 radical (unpaired) electrons. The molecule has 2 aromatic rings. The number of aromatic nitrogens is 3. The van der Waals surface area contributed by atoms with Crippen molar-refractivity contribution in [3.8, 4) is 6.01 Å². The van der Waals surface area contributed by atoms with Crippen molar-refractivity contribution in [1.29, 1.82) is 0 Å². The van der Waals surface area contributed by atoms with Crippen LogP contribution in [0.15, 0.2) is 18.2 Å². The summed E-state index contributed by atoms with van der Waals surface area (Å²) in [4.78, 5) is 11.9. The van der Waals surface area contributed by atoms with Crippen LogP contribution in [0, 0.1) is 5.82 Å². The van der Waals surface area contributed by atoms with Gasteiger partial charge in [0.2, 0.25) is 11.9 Å². The first-order valence-corrected chi connectivity index (χ1v) is 6.07. The van der Waals surface area contributed by atoms with Crippen LogP contribution < -0.4 is 21.3 Å². The van der Waals surface area contributed by atoms with Gasteiger partial charge in [-0.3, -0.25) is 5.43 Å². The molecule has 7 nitrogen and oxygen atoms in total. The SMILES string of the molecule is CCOc1nc(NN)nc(Nc2cc(F)ccc2Cl)n1. The van der Waals surface area contributed by atoms with E-state index in [1.807, 2.05) is 0 Å². The fourth-order valence-electron chi connectivity index (χ4n) is 1.38. The Balaban J connectivity index is 2.32. The van der Waals surface area contributed by atoms with Crippen molar-refractivity contribution in [3.05, 3.63) is 29.0 Å². The largest absolute Gasteiger partial charge is 0.464 e. The summed E-state index contributed by atoms with van der Waals surface area (Å²) in [5, 5.41) is 3.10. The normalized spacial score (nSPS) is 10.2. The molecule has 0 atom stereocenters. The van der Waals surface area contributed by atoms with Gasteiger partial charge in [-0.2, -0.15) is 15.0 Å². The molecule has 1 heterocycles. The van der Waals surface area contributed by atoms with Crippen LogP contribution in [0.1, 0.15) is 6.92 Å². The second-order valence-corrected chi connectivity index (χ2v) is 4.00. The van der Waals surface area contributed by atoms with E-state index in [1.165, 1.54) is 18.2 Å². The number of nitrogen functional groups attached to an aromatic ring is 1. The summed E-state index contributed by atoms with van der Waals surface area (Å²) >= 11 is 5.95. The maximum Gasteiger partial charge on any atom is 0.323 e. The molecule has 9 heteroatoms. The molecule has 0 aliphatic carbocycles. The van der Waals surface area contributed by atoms with E-state index >= 15 is 0 Å². The van der Waals surface area contributed by atoms with E-state index in [0.29, 0.717) is 17.3 Å². The summed E-state index contributed by atoms with van der Waals surface area (Å²) in [5.41, 5.74) is 2.61.